The third-order valence-corrected chi connectivity index (χ3v) is 16.5. The maximum Gasteiger partial charge on any atom is 0.338 e. The van der Waals surface area contributed by atoms with Gasteiger partial charge in [-0.1, -0.05) is 37.1 Å². The second-order valence-electron chi connectivity index (χ2n) is 19.9. The van der Waals surface area contributed by atoms with Gasteiger partial charge in [0.2, 0.25) is 0 Å². The number of benzene rings is 1. The lowest BCUT2D eigenvalue weighted by molar-refractivity contribution is -0.369. The van der Waals surface area contributed by atoms with Gasteiger partial charge < -0.3 is 63.4 Å². The highest BCUT2D eigenvalue weighted by molar-refractivity contribution is 5.89. The van der Waals surface area contributed by atoms with Gasteiger partial charge in [-0.3, -0.25) is 0 Å². The van der Waals surface area contributed by atoms with E-state index in [0.717, 1.165) is 45.1 Å². The fourth-order valence-corrected chi connectivity index (χ4v) is 13.5. The average molecular weight is 855 g/mol. The molecule has 1 aromatic rings. The van der Waals surface area contributed by atoms with Crippen LogP contribution in [0.25, 0.3) is 0 Å². The Morgan fingerprint density at radius 3 is 2.38 bits per heavy atom. The largest absolute Gasteiger partial charge is 0.497 e. The van der Waals surface area contributed by atoms with Gasteiger partial charge in [-0.2, -0.15) is 0 Å². The highest BCUT2D eigenvalue weighted by Crippen LogP contribution is 2.70. The molecule has 5 saturated heterocycles. The Morgan fingerprint density at radius 1 is 0.902 bits per heavy atom. The van der Waals surface area contributed by atoms with Crippen molar-refractivity contribution in [2.24, 2.45) is 46.3 Å². The standard InChI is InChI=1S/C47H66O14/c1-22(2)17-30-23(3)35-33-19-32-29-12-9-26-18-28(13-15-46(26,5)31(29)14-16-47(32,35)21-55-43(30)58-33)57-45-41(37(50)36(49)34(20-48)59-45)61-44-39(52)38(51)40(24(4)56-44)60-42(53)25-7-10-27(54-6)11-8-25/h7-11,17,23-24,28-41,43-45,48-52H,12-16,18-21H2,1-6H3/t23-,24+,28+,29-,30-,31+,32+,33+,34-,35+,36-,37+,38+,39-,40+,41-,43+,44+,45-,46+,47-/m1/s1. The van der Waals surface area contributed by atoms with Crippen molar-refractivity contribution in [3.63, 3.8) is 0 Å². The summed E-state index contributed by atoms with van der Waals surface area (Å²) in [6, 6.07) is 6.25. The molecule has 1 spiro atoms. The molecule has 5 aliphatic heterocycles. The molecule has 10 rings (SSSR count). The summed E-state index contributed by atoms with van der Waals surface area (Å²) < 4.78 is 49.0. The van der Waals surface area contributed by atoms with E-state index in [9.17, 15) is 30.3 Å². The first-order valence-electron chi connectivity index (χ1n) is 22.6. The third-order valence-electron chi connectivity index (χ3n) is 16.5. The molecule has 0 amide bonds. The van der Waals surface area contributed by atoms with Crippen LogP contribution in [0.5, 0.6) is 5.75 Å². The first-order valence-corrected chi connectivity index (χ1v) is 22.6. The molecule has 5 N–H and O–H groups in total. The maximum atomic E-state index is 13.0. The Kier molecular flexibility index (Phi) is 12.1. The lowest BCUT2D eigenvalue weighted by Crippen LogP contribution is -2.64. The number of ether oxygens (including phenoxy) is 8. The van der Waals surface area contributed by atoms with Gasteiger partial charge in [0.15, 0.2) is 25.0 Å². The Morgan fingerprint density at radius 2 is 1.66 bits per heavy atom. The van der Waals surface area contributed by atoms with Crippen LogP contribution in [-0.4, -0.2) is 132 Å². The van der Waals surface area contributed by atoms with Gasteiger partial charge in [0, 0.05) is 11.3 Å². The van der Waals surface area contributed by atoms with E-state index in [1.807, 2.05) is 0 Å². The van der Waals surface area contributed by atoms with Crippen LogP contribution in [0.3, 0.4) is 0 Å². The molecule has 8 fully saturated rings. The number of rotatable bonds is 9. The Balaban J connectivity index is 0.876. The molecule has 61 heavy (non-hydrogen) atoms. The van der Waals surface area contributed by atoms with Crippen molar-refractivity contribution in [3.8, 4) is 5.75 Å². The number of carbonyl (C=O) groups is 1. The van der Waals surface area contributed by atoms with Crippen molar-refractivity contribution >= 4 is 5.97 Å². The summed E-state index contributed by atoms with van der Waals surface area (Å²) in [5.41, 5.74) is 3.04. The van der Waals surface area contributed by atoms with E-state index in [1.165, 1.54) is 30.4 Å². The molecule has 3 saturated carbocycles. The fraction of sp³-hybridized carbons (Fsp3) is 0.766. The van der Waals surface area contributed by atoms with Crippen molar-refractivity contribution < 1.29 is 68.2 Å². The molecule has 9 aliphatic rings. The van der Waals surface area contributed by atoms with Crippen molar-refractivity contribution in [1.29, 1.82) is 0 Å². The van der Waals surface area contributed by atoms with E-state index in [4.69, 9.17) is 37.9 Å². The number of carbonyl (C=O) groups excluding carboxylic acids is 1. The highest BCUT2D eigenvalue weighted by Gasteiger charge is 2.68. The summed E-state index contributed by atoms with van der Waals surface area (Å²) in [5.74, 6) is 2.74. The number of hydrogen-bond acceptors (Lipinski definition) is 14. The fourth-order valence-electron chi connectivity index (χ4n) is 13.5. The van der Waals surface area contributed by atoms with Gasteiger partial charge in [0.1, 0.15) is 42.4 Å². The van der Waals surface area contributed by atoms with Crippen molar-refractivity contribution in [3.05, 3.63) is 53.1 Å². The summed E-state index contributed by atoms with van der Waals surface area (Å²) in [6.07, 6.45) is -2.65. The van der Waals surface area contributed by atoms with Gasteiger partial charge in [-0.25, -0.2) is 4.79 Å². The van der Waals surface area contributed by atoms with E-state index in [1.54, 1.807) is 19.1 Å². The molecule has 338 valence electrons. The molecule has 14 heteroatoms. The summed E-state index contributed by atoms with van der Waals surface area (Å²) >= 11 is 0. The second-order valence-corrected chi connectivity index (χ2v) is 19.9. The number of aliphatic hydroxyl groups is 5. The first kappa shape index (κ1) is 43.8. The predicted molar refractivity (Wildman–Crippen MR) is 218 cm³/mol. The number of hydrogen-bond donors (Lipinski definition) is 5. The maximum absolute atomic E-state index is 13.0. The van der Waals surface area contributed by atoms with Crippen LogP contribution in [-0.2, 0) is 33.2 Å². The number of aliphatic hydroxyl groups excluding tert-OH is 5. The lowest BCUT2D eigenvalue weighted by atomic mass is 9.46. The van der Waals surface area contributed by atoms with Gasteiger partial charge in [0.05, 0.1) is 44.2 Å². The molecule has 0 unspecified atom stereocenters. The average Bonchev–Trinajstić information content (AvgIpc) is 3.44. The summed E-state index contributed by atoms with van der Waals surface area (Å²) in [5, 5.41) is 54.8. The van der Waals surface area contributed by atoms with Crippen LogP contribution >= 0.6 is 0 Å². The SMILES string of the molecule is COc1ccc(C(=O)O[C@@H]2[C@@H](O)[C@@H](O)[C@H](O[C@H]3[C@H](O[C@H]4CC[C@@]5(C)C(=CC[C@H]6[C@@H]7C[C@@H]8O[C@@H]9OC[C@@]7(CC[C@@H]65)[C@H]8[C@H](C)[C@H]9C=C(C)C)C4)O[C@H](CO)[C@@H](O)[C@@H]3O)O[C@H]2C)cc1. The normalized spacial score (nSPS) is 48.8. The first-order chi connectivity index (χ1) is 29.2. The third kappa shape index (κ3) is 7.43. The van der Waals surface area contributed by atoms with Crippen molar-refractivity contribution in [2.45, 2.75) is 159 Å². The molecular formula is C47H66O14. The molecule has 14 nitrogen and oxygen atoms in total. The summed E-state index contributed by atoms with van der Waals surface area (Å²) in [4.78, 5) is 13.0. The molecule has 5 heterocycles. The summed E-state index contributed by atoms with van der Waals surface area (Å²) in [7, 11) is 1.51. The smallest absolute Gasteiger partial charge is 0.338 e. The van der Waals surface area contributed by atoms with Gasteiger partial charge in [-0.05, 0) is 125 Å². The van der Waals surface area contributed by atoms with E-state index in [2.05, 4.69) is 39.8 Å². The van der Waals surface area contributed by atoms with Crippen LogP contribution in [0.1, 0.15) is 89.9 Å². The minimum atomic E-state index is -1.71. The highest BCUT2D eigenvalue weighted by atomic mass is 16.8. The van der Waals surface area contributed by atoms with E-state index in [0.29, 0.717) is 41.8 Å². The predicted octanol–water partition coefficient (Wildman–Crippen LogP) is 4.04. The Labute approximate surface area is 358 Å². The van der Waals surface area contributed by atoms with Crippen molar-refractivity contribution in [2.75, 3.05) is 20.3 Å². The van der Waals surface area contributed by atoms with Gasteiger partial charge >= 0.3 is 5.97 Å². The van der Waals surface area contributed by atoms with Crippen LogP contribution in [0, 0.1) is 46.3 Å². The molecular weight excluding hydrogens is 789 g/mol. The number of methoxy groups -OCH3 is 1. The van der Waals surface area contributed by atoms with Crippen molar-refractivity contribution in [1.82, 2.24) is 0 Å². The van der Waals surface area contributed by atoms with Crippen LogP contribution < -0.4 is 4.74 Å². The molecule has 0 radical (unpaired) electrons. The lowest BCUT2D eigenvalue weighted by Gasteiger charge is -2.59. The molecule has 1 aromatic carbocycles. The van der Waals surface area contributed by atoms with Crippen LogP contribution in [0.4, 0.5) is 0 Å². The zero-order valence-electron chi connectivity index (χ0n) is 36.2. The molecule has 21 atom stereocenters. The minimum absolute atomic E-state index is 0.000360. The zero-order valence-corrected chi connectivity index (χ0v) is 36.2. The molecule has 4 bridgehead atoms. The van der Waals surface area contributed by atoms with E-state index < -0.39 is 74.0 Å². The number of allylic oxidation sites excluding steroid dienone is 2. The topological polar surface area (TPSA) is 192 Å². The van der Waals surface area contributed by atoms with E-state index in [-0.39, 0.29) is 40.8 Å². The molecule has 0 aromatic heterocycles. The van der Waals surface area contributed by atoms with Gasteiger partial charge in [0.25, 0.3) is 0 Å². The van der Waals surface area contributed by atoms with Crippen LogP contribution in [0.15, 0.2) is 47.6 Å². The minimum Gasteiger partial charge on any atom is -0.497 e. The number of fused-ring (bicyclic) bond motifs is 6. The summed E-state index contributed by atoms with van der Waals surface area (Å²) in [6.45, 7) is 11.0. The Bertz CT molecular complexity index is 1820. The Hall–Kier alpha value is -2.47. The van der Waals surface area contributed by atoms with Gasteiger partial charge in [-0.15, -0.1) is 0 Å². The molecule has 4 aliphatic carbocycles. The van der Waals surface area contributed by atoms with E-state index >= 15 is 0 Å². The second kappa shape index (κ2) is 16.8. The quantitative estimate of drug-likeness (QED) is 0.177. The van der Waals surface area contributed by atoms with Crippen LogP contribution in [0.2, 0.25) is 0 Å². The zero-order chi connectivity index (χ0) is 43.1. The number of esters is 1. The monoisotopic (exact) mass is 854 g/mol.